The predicted octanol–water partition coefficient (Wildman–Crippen LogP) is 3.33. The summed E-state index contributed by atoms with van der Waals surface area (Å²) in [5.74, 6) is -0.969. The molecule has 4 nitrogen and oxygen atoms in total. The van der Waals surface area contributed by atoms with Crippen molar-refractivity contribution in [2.24, 2.45) is 0 Å². The molecule has 0 saturated heterocycles. The summed E-state index contributed by atoms with van der Waals surface area (Å²) in [5.41, 5.74) is 10.4. The summed E-state index contributed by atoms with van der Waals surface area (Å²) in [6.07, 6.45) is 0. The van der Waals surface area contributed by atoms with Crippen LogP contribution in [0.15, 0.2) is 36.4 Å². The molecule has 0 aromatic heterocycles. The summed E-state index contributed by atoms with van der Waals surface area (Å²) in [7, 11) is 0. The molecular weight excluding hydrogens is 240 g/mol. The number of nitrogens with two attached hydrogens (primary N) is 1. The molecule has 0 aliphatic rings. The normalized spacial score (nSPS) is 10.2. The highest BCUT2D eigenvalue weighted by molar-refractivity contribution is 5.91. The Kier molecular flexibility index (Phi) is 3.42. The number of anilines is 3. The fourth-order valence-electron chi connectivity index (χ4n) is 1.90. The number of carboxylic acid groups (broad SMARTS) is 1. The van der Waals surface area contributed by atoms with Crippen LogP contribution in [-0.4, -0.2) is 11.1 Å². The standard InChI is InChI=1S/C15H16N2O2/c1-9-3-6-13(10(2)7-9)17-14-8-11(15(18)19)4-5-12(14)16/h3-8,17H,16H2,1-2H3,(H,18,19). The first-order valence-electron chi connectivity index (χ1n) is 5.94. The number of nitrogens with one attached hydrogen (secondary N) is 1. The number of hydrogen-bond donors (Lipinski definition) is 3. The zero-order chi connectivity index (χ0) is 14.0. The minimum atomic E-state index is -0.969. The van der Waals surface area contributed by atoms with E-state index >= 15 is 0 Å². The minimum absolute atomic E-state index is 0.210. The van der Waals surface area contributed by atoms with Gasteiger partial charge < -0.3 is 16.2 Å². The molecule has 98 valence electrons. The first kappa shape index (κ1) is 13.0. The molecule has 2 aromatic rings. The van der Waals surface area contributed by atoms with Gasteiger partial charge in [0.25, 0.3) is 0 Å². The molecule has 0 aliphatic heterocycles. The Morgan fingerprint density at radius 2 is 1.84 bits per heavy atom. The molecule has 0 amide bonds. The van der Waals surface area contributed by atoms with Gasteiger partial charge >= 0.3 is 5.97 Å². The lowest BCUT2D eigenvalue weighted by atomic mass is 10.1. The Bertz CT molecular complexity index is 636. The van der Waals surface area contributed by atoms with Crippen molar-refractivity contribution in [2.45, 2.75) is 13.8 Å². The van der Waals surface area contributed by atoms with E-state index in [9.17, 15) is 4.79 Å². The second-order valence-electron chi connectivity index (χ2n) is 4.55. The lowest BCUT2D eigenvalue weighted by Gasteiger charge is -2.13. The van der Waals surface area contributed by atoms with Crippen LogP contribution in [0.1, 0.15) is 21.5 Å². The fourth-order valence-corrected chi connectivity index (χ4v) is 1.90. The van der Waals surface area contributed by atoms with Gasteiger partial charge in [-0.05, 0) is 43.7 Å². The molecular formula is C15H16N2O2. The Morgan fingerprint density at radius 1 is 1.11 bits per heavy atom. The number of carbonyl (C=O) groups is 1. The van der Waals surface area contributed by atoms with Crippen LogP contribution in [0.2, 0.25) is 0 Å². The van der Waals surface area contributed by atoms with Crippen molar-refractivity contribution in [1.82, 2.24) is 0 Å². The summed E-state index contributed by atoms with van der Waals surface area (Å²) < 4.78 is 0. The largest absolute Gasteiger partial charge is 0.478 e. The zero-order valence-electron chi connectivity index (χ0n) is 10.9. The van der Waals surface area contributed by atoms with Gasteiger partial charge in [0, 0.05) is 5.69 Å². The quantitative estimate of drug-likeness (QED) is 0.736. The molecule has 4 N–H and O–H groups in total. The molecule has 0 unspecified atom stereocenters. The minimum Gasteiger partial charge on any atom is -0.478 e. The zero-order valence-corrected chi connectivity index (χ0v) is 10.9. The third-order valence-electron chi connectivity index (χ3n) is 2.95. The van der Waals surface area contributed by atoms with Gasteiger partial charge in [-0.3, -0.25) is 0 Å². The topological polar surface area (TPSA) is 75.3 Å². The Balaban J connectivity index is 2.37. The summed E-state index contributed by atoms with van der Waals surface area (Å²) >= 11 is 0. The Morgan fingerprint density at radius 3 is 2.47 bits per heavy atom. The number of nitrogen functional groups attached to an aromatic ring is 1. The molecule has 0 saturated carbocycles. The van der Waals surface area contributed by atoms with Crippen molar-refractivity contribution in [3.05, 3.63) is 53.1 Å². The van der Waals surface area contributed by atoms with E-state index in [4.69, 9.17) is 10.8 Å². The van der Waals surface area contributed by atoms with Crippen molar-refractivity contribution in [2.75, 3.05) is 11.1 Å². The van der Waals surface area contributed by atoms with Crippen LogP contribution in [0.3, 0.4) is 0 Å². The van der Waals surface area contributed by atoms with Crippen LogP contribution < -0.4 is 11.1 Å². The van der Waals surface area contributed by atoms with E-state index in [1.165, 1.54) is 17.7 Å². The van der Waals surface area contributed by atoms with Gasteiger partial charge in [0.05, 0.1) is 16.9 Å². The molecule has 0 aliphatic carbocycles. The van der Waals surface area contributed by atoms with E-state index in [0.29, 0.717) is 11.4 Å². The van der Waals surface area contributed by atoms with Gasteiger partial charge in [-0.15, -0.1) is 0 Å². The SMILES string of the molecule is Cc1ccc(Nc2cc(C(=O)O)ccc2N)c(C)c1. The van der Waals surface area contributed by atoms with E-state index in [1.54, 1.807) is 6.07 Å². The fraction of sp³-hybridized carbons (Fsp3) is 0.133. The van der Waals surface area contributed by atoms with Crippen molar-refractivity contribution in [1.29, 1.82) is 0 Å². The Hall–Kier alpha value is -2.49. The van der Waals surface area contributed by atoms with Gasteiger partial charge in [-0.25, -0.2) is 4.79 Å². The maximum Gasteiger partial charge on any atom is 0.335 e. The third kappa shape index (κ3) is 2.85. The van der Waals surface area contributed by atoms with Crippen LogP contribution in [0.25, 0.3) is 0 Å². The van der Waals surface area contributed by atoms with Crippen LogP contribution in [0.5, 0.6) is 0 Å². The highest BCUT2D eigenvalue weighted by atomic mass is 16.4. The highest BCUT2D eigenvalue weighted by Gasteiger charge is 2.08. The van der Waals surface area contributed by atoms with Gasteiger partial charge in [-0.1, -0.05) is 17.7 Å². The van der Waals surface area contributed by atoms with E-state index < -0.39 is 5.97 Å². The monoisotopic (exact) mass is 256 g/mol. The predicted molar refractivity (Wildman–Crippen MR) is 77.0 cm³/mol. The van der Waals surface area contributed by atoms with Gasteiger partial charge in [0.15, 0.2) is 0 Å². The van der Waals surface area contributed by atoms with E-state index in [1.807, 2.05) is 26.0 Å². The van der Waals surface area contributed by atoms with E-state index in [0.717, 1.165) is 11.3 Å². The third-order valence-corrected chi connectivity index (χ3v) is 2.95. The maximum atomic E-state index is 11.0. The van der Waals surface area contributed by atoms with E-state index in [-0.39, 0.29) is 5.56 Å². The first-order valence-corrected chi connectivity index (χ1v) is 5.94. The molecule has 4 heteroatoms. The lowest BCUT2D eigenvalue weighted by Crippen LogP contribution is -2.02. The number of rotatable bonds is 3. The summed E-state index contributed by atoms with van der Waals surface area (Å²) in [6, 6.07) is 10.6. The molecule has 19 heavy (non-hydrogen) atoms. The summed E-state index contributed by atoms with van der Waals surface area (Å²) in [5, 5.41) is 12.2. The van der Waals surface area contributed by atoms with Crippen molar-refractivity contribution >= 4 is 23.0 Å². The second-order valence-corrected chi connectivity index (χ2v) is 4.55. The number of carboxylic acids is 1. The van der Waals surface area contributed by atoms with Gasteiger partial charge in [0.2, 0.25) is 0 Å². The smallest absolute Gasteiger partial charge is 0.335 e. The van der Waals surface area contributed by atoms with Crippen molar-refractivity contribution < 1.29 is 9.90 Å². The van der Waals surface area contributed by atoms with Crippen molar-refractivity contribution in [3.63, 3.8) is 0 Å². The molecule has 0 bridgehead atoms. The number of benzene rings is 2. The average Bonchev–Trinajstić information content (AvgIpc) is 2.34. The van der Waals surface area contributed by atoms with Gasteiger partial charge in [0.1, 0.15) is 0 Å². The lowest BCUT2D eigenvalue weighted by molar-refractivity contribution is 0.0697. The maximum absolute atomic E-state index is 11.0. The summed E-state index contributed by atoms with van der Waals surface area (Å²) in [6.45, 7) is 4.02. The van der Waals surface area contributed by atoms with Gasteiger partial charge in [-0.2, -0.15) is 0 Å². The first-order chi connectivity index (χ1) is 8.97. The molecule has 2 aromatic carbocycles. The molecule has 2 rings (SSSR count). The highest BCUT2D eigenvalue weighted by Crippen LogP contribution is 2.26. The Labute approximate surface area is 111 Å². The van der Waals surface area contributed by atoms with E-state index in [2.05, 4.69) is 11.4 Å². The number of aromatic carboxylic acids is 1. The number of aryl methyl sites for hydroxylation is 2. The van der Waals surface area contributed by atoms with Crippen molar-refractivity contribution in [3.8, 4) is 0 Å². The average molecular weight is 256 g/mol. The molecule has 0 atom stereocenters. The second kappa shape index (κ2) is 5.02. The van der Waals surface area contributed by atoms with Crippen LogP contribution >= 0.6 is 0 Å². The molecule has 0 fully saturated rings. The number of hydrogen-bond acceptors (Lipinski definition) is 3. The van der Waals surface area contributed by atoms with Crippen LogP contribution in [0.4, 0.5) is 17.1 Å². The van der Waals surface area contributed by atoms with Crippen LogP contribution in [-0.2, 0) is 0 Å². The summed E-state index contributed by atoms with van der Waals surface area (Å²) in [4.78, 5) is 11.0. The molecule has 0 radical (unpaired) electrons. The molecule has 0 heterocycles. The van der Waals surface area contributed by atoms with Crippen LogP contribution in [0, 0.1) is 13.8 Å². The molecule has 0 spiro atoms.